The summed E-state index contributed by atoms with van der Waals surface area (Å²) in [5, 5.41) is 4.67. The van der Waals surface area contributed by atoms with Gasteiger partial charge in [0, 0.05) is 17.0 Å². The van der Waals surface area contributed by atoms with E-state index < -0.39 is 0 Å². The van der Waals surface area contributed by atoms with Crippen molar-refractivity contribution in [3.63, 3.8) is 0 Å². The zero-order valence-electron chi connectivity index (χ0n) is 12.6. The Morgan fingerprint density at radius 2 is 2.00 bits per heavy atom. The molecule has 0 radical (unpaired) electrons. The lowest BCUT2D eigenvalue weighted by molar-refractivity contribution is 0.410. The highest BCUT2D eigenvalue weighted by Gasteiger charge is 2.14. The molecule has 3 rings (SSSR count). The number of aryl methyl sites for hydroxylation is 2. The molecule has 0 amide bonds. The fraction of sp³-hybridized carbons (Fsp3) is 0.250. The number of ether oxygens (including phenoxy) is 1. The molecule has 1 aromatic carbocycles. The minimum atomic E-state index is 0.260. The molecule has 22 heavy (non-hydrogen) atoms. The van der Waals surface area contributed by atoms with Crippen LogP contribution in [0.25, 0.3) is 10.2 Å². The molecule has 4 nitrogen and oxygen atoms in total. The Hall–Kier alpha value is -1.85. The summed E-state index contributed by atoms with van der Waals surface area (Å²) in [6.07, 6.45) is 0. The molecule has 0 bridgehead atoms. The third-order valence-electron chi connectivity index (χ3n) is 3.64. The van der Waals surface area contributed by atoms with Gasteiger partial charge < -0.3 is 10.1 Å². The Labute approximate surface area is 138 Å². The fourth-order valence-electron chi connectivity index (χ4n) is 2.38. The summed E-state index contributed by atoms with van der Waals surface area (Å²) in [7, 11) is 1.67. The van der Waals surface area contributed by atoms with Gasteiger partial charge >= 0.3 is 0 Å². The standard InChI is InChI=1S/C16H16ClN3OS/c1-9-10(2)22-15-13(9)14(19-16(17)20-15)18-8-11-6-4-5-7-12(11)21-3/h4-7H,8H2,1-3H3,(H,18,19,20). The molecule has 0 spiro atoms. The highest BCUT2D eigenvalue weighted by Crippen LogP contribution is 2.34. The molecule has 6 heteroatoms. The number of nitrogens with one attached hydrogen (secondary N) is 1. The van der Waals surface area contributed by atoms with Crippen molar-refractivity contribution in [1.29, 1.82) is 0 Å². The van der Waals surface area contributed by atoms with Gasteiger partial charge in [-0.05, 0) is 37.1 Å². The van der Waals surface area contributed by atoms with Crippen LogP contribution in [0.3, 0.4) is 0 Å². The van der Waals surface area contributed by atoms with Crippen molar-refractivity contribution in [2.75, 3.05) is 12.4 Å². The number of benzene rings is 1. The maximum absolute atomic E-state index is 6.05. The van der Waals surface area contributed by atoms with Gasteiger partial charge in [-0.3, -0.25) is 0 Å². The quantitative estimate of drug-likeness (QED) is 0.710. The number of halogens is 1. The zero-order valence-corrected chi connectivity index (χ0v) is 14.2. The summed E-state index contributed by atoms with van der Waals surface area (Å²) >= 11 is 7.68. The normalized spacial score (nSPS) is 10.9. The second-order valence-electron chi connectivity index (χ2n) is 4.97. The van der Waals surface area contributed by atoms with Gasteiger partial charge in [-0.25, -0.2) is 9.97 Å². The molecule has 3 aromatic rings. The van der Waals surface area contributed by atoms with Crippen LogP contribution in [-0.4, -0.2) is 17.1 Å². The summed E-state index contributed by atoms with van der Waals surface area (Å²) < 4.78 is 5.38. The molecule has 0 aliphatic rings. The number of aromatic nitrogens is 2. The van der Waals surface area contributed by atoms with E-state index in [1.165, 1.54) is 10.4 Å². The van der Waals surface area contributed by atoms with E-state index in [1.54, 1.807) is 18.4 Å². The number of fused-ring (bicyclic) bond motifs is 1. The summed E-state index contributed by atoms with van der Waals surface area (Å²) in [5.41, 5.74) is 2.26. The molecule has 2 aromatic heterocycles. The number of anilines is 1. The molecular weight excluding hydrogens is 318 g/mol. The molecule has 0 aliphatic carbocycles. The number of thiophene rings is 1. The first kappa shape index (κ1) is 15.1. The van der Waals surface area contributed by atoms with Crippen molar-refractivity contribution < 1.29 is 4.74 Å². The Kier molecular flexibility index (Phi) is 4.18. The van der Waals surface area contributed by atoms with Gasteiger partial charge in [0.2, 0.25) is 5.28 Å². The lowest BCUT2D eigenvalue weighted by Crippen LogP contribution is -2.04. The molecule has 1 N–H and O–H groups in total. The molecule has 114 valence electrons. The lowest BCUT2D eigenvalue weighted by Gasteiger charge is -2.11. The van der Waals surface area contributed by atoms with E-state index in [4.69, 9.17) is 16.3 Å². The highest BCUT2D eigenvalue weighted by molar-refractivity contribution is 7.18. The van der Waals surface area contributed by atoms with E-state index >= 15 is 0 Å². The summed E-state index contributed by atoms with van der Waals surface area (Å²) in [5.74, 6) is 1.62. The van der Waals surface area contributed by atoms with Crippen LogP contribution in [0.15, 0.2) is 24.3 Å². The minimum absolute atomic E-state index is 0.260. The maximum atomic E-state index is 6.05. The Balaban J connectivity index is 1.97. The van der Waals surface area contributed by atoms with Crippen LogP contribution in [0, 0.1) is 13.8 Å². The van der Waals surface area contributed by atoms with Crippen LogP contribution >= 0.6 is 22.9 Å². The fourth-order valence-corrected chi connectivity index (χ4v) is 3.63. The number of nitrogens with zero attached hydrogens (tertiary/aromatic N) is 2. The number of hydrogen-bond donors (Lipinski definition) is 1. The SMILES string of the molecule is COc1ccccc1CNc1nc(Cl)nc2sc(C)c(C)c12. The average molecular weight is 334 g/mol. The van der Waals surface area contributed by atoms with Crippen LogP contribution < -0.4 is 10.1 Å². The third-order valence-corrected chi connectivity index (χ3v) is 4.91. The van der Waals surface area contributed by atoms with Crippen molar-refractivity contribution in [2.24, 2.45) is 0 Å². The molecular formula is C16H16ClN3OS. The van der Waals surface area contributed by atoms with E-state index in [1.807, 2.05) is 24.3 Å². The number of methoxy groups -OCH3 is 1. The van der Waals surface area contributed by atoms with Crippen molar-refractivity contribution in [3.8, 4) is 5.75 Å². The van der Waals surface area contributed by atoms with Gasteiger partial charge in [-0.2, -0.15) is 0 Å². The van der Waals surface area contributed by atoms with Gasteiger partial charge in [0.05, 0.1) is 12.5 Å². The summed E-state index contributed by atoms with van der Waals surface area (Å²) in [4.78, 5) is 10.8. The van der Waals surface area contributed by atoms with E-state index in [2.05, 4.69) is 29.1 Å². The van der Waals surface area contributed by atoms with Crippen LogP contribution in [0.4, 0.5) is 5.82 Å². The van der Waals surface area contributed by atoms with Crippen LogP contribution in [-0.2, 0) is 6.54 Å². The van der Waals surface area contributed by atoms with Gasteiger partial charge in [0.15, 0.2) is 0 Å². The van der Waals surface area contributed by atoms with Gasteiger partial charge in [-0.1, -0.05) is 18.2 Å². The first-order valence-corrected chi connectivity index (χ1v) is 8.08. The summed E-state index contributed by atoms with van der Waals surface area (Å²) in [6, 6.07) is 7.91. The van der Waals surface area contributed by atoms with E-state index in [0.29, 0.717) is 6.54 Å². The van der Waals surface area contributed by atoms with Crippen LogP contribution in [0.1, 0.15) is 16.0 Å². The maximum Gasteiger partial charge on any atom is 0.225 e. The number of hydrogen-bond acceptors (Lipinski definition) is 5. The predicted octanol–water partition coefficient (Wildman–Crippen LogP) is 4.58. The van der Waals surface area contributed by atoms with Crippen molar-refractivity contribution in [3.05, 3.63) is 45.6 Å². The molecule has 0 atom stereocenters. The third kappa shape index (κ3) is 2.74. The second-order valence-corrected chi connectivity index (χ2v) is 6.51. The Morgan fingerprint density at radius 1 is 1.23 bits per heavy atom. The largest absolute Gasteiger partial charge is 0.496 e. The smallest absolute Gasteiger partial charge is 0.225 e. The Bertz CT molecular complexity index is 832. The summed E-state index contributed by atoms with van der Waals surface area (Å²) in [6.45, 7) is 4.78. The first-order chi connectivity index (χ1) is 10.6. The monoisotopic (exact) mass is 333 g/mol. The van der Waals surface area contributed by atoms with Crippen molar-refractivity contribution in [2.45, 2.75) is 20.4 Å². The van der Waals surface area contributed by atoms with E-state index in [0.717, 1.165) is 27.3 Å². The van der Waals surface area contributed by atoms with Crippen molar-refractivity contribution in [1.82, 2.24) is 9.97 Å². The van der Waals surface area contributed by atoms with Crippen LogP contribution in [0.2, 0.25) is 5.28 Å². The molecule has 0 aliphatic heterocycles. The van der Waals surface area contributed by atoms with Gasteiger partial charge in [0.25, 0.3) is 0 Å². The molecule has 0 unspecified atom stereocenters. The topological polar surface area (TPSA) is 47.0 Å². The second kappa shape index (κ2) is 6.10. The van der Waals surface area contributed by atoms with E-state index in [-0.39, 0.29) is 5.28 Å². The Morgan fingerprint density at radius 3 is 2.77 bits per heavy atom. The molecule has 0 saturated carbocycles. The molecule has 0 saturated heterocycles. The molecule has 0 fully saturated rings. The average Bonchev–Trinajstić information content (AvgIpc) is 2.79. The van der Waals surface area contributed by atoms with E-state index in [9.17, 15) is 0 Å². The van der Waals surface area contributed by atoms with Crippen LogP contribution in [0.5, 0.6) is 5.75 Å². The highest BCUT2D eigenvalue weighted by atomic mass is 35.5. The number of rotatable bonds is 4. The lowest BCUT2D eigenvalue weighted by atomic mass is 10.2. The van der Waals surface area contributed by atoms with Gasteiger partial charge in [0.1, 0.15) is 16.4 Å². The van der Waals surface area contributed by atoms with Gasteiger partial charge in [-0.15, -0.1) is 11.3 Å². The zero-order chi connectivity index (χ0) is 15.7. The minimum Gasteiger partial charge on any atom is -0.496 e. The first-order valence-electron chi connectivity index (χ1n) is 6.89. The van der Waals surface area contributed by atoms with Crippen molar-refractivity contribution >= 4 is 39.0 Å². The number of para-hydroxylation sites is 1. The predicted molar refractivity (Wildman–Crippen MR) is 92.2 cm³/mol. The molecule has 2 heterocycles.